The molecule has 1 unspecified atom stereocenters. The summed E-state index contributed by atoms with van der Waals surface area (Å²) < 4.78 is 40.2. The van der Waals surface area contributed by atoms with Gasteiger partial charge in [-0.25, -0.2) is 9.78 Å². The van der Waals surface area contributed by atoms with Crippen LogP contribution in [0.15, 0.2) is 72.0 Å². The molecule has 0 bridgehead atoms. The van der Waals surface area contributed by atoms with E-state index in [1.807, 2.05) is 13.0 Å². The zero-order valence-corrected chi connectivity index (χ0v) is 22.5. The SMILES string of the molecule is CCCCC(C(=O)N1C[C@@H](Oc2ccccc2)C[C@H]1C(=O)O)n1cnc(NC(=O)c2ccccc2S(=O)(=O)O)c1. The van der Waals surface area contributed by atoms with Crippen molar-refractivity contribution in [3.8, 4) is 5.75 Å². The van der Waals surface area contributed by atoms with Crippen LogP contribution in [0.3, 0.4) is 0 Å². The highest BCUT2D eigenvalue weighted by atomic mass is 32.2. The summed E-state index contributed by atoms with van der Waals surface area (Å²) in [5.74, 6) is -1.73. The lowest BCUT2D eigenvalue weighted by Gasteiger charge is -2.27. The van der Waals surface area contributed by atoms with Gasteiger partial charge in [-0.15, -0.1) is 0 Å². The summed E-state index contributed by atoms with van der Waals surface area (Å²) in [5, 5.41) is 12.3. The minimum Gasteiger partial charge on any atom is -0.488 e. The zero-order valence-electron chi connectivity index (χ0n) is 21.7. The van der Waals surface area contributed by atoms with Gasteiger partial charge in [0, 0.05) is 12.6 Å². The number of nitrogens with one attached hydrogen (secondary N) is 1. The number of carboxylic acid groups (broad SMARTS) is 1. The third-order valence-electron chi connectivity index (χ3n) is 6.61. The quantitative estimate of drug-likeness (QED) is 0.293. The molecular weight excluding hydrogens is 540 g/mol. The lowest BCUT2D eigenvalue weighted by Crippen LogP contribution is -2.44. The van der Waals surface area contributed by atoms with Crippen molar-refractivity contribution in [2.75, 3.05) is 11.9 Å². The van der Waals surface area contributed by atoms with Crippen LogP contribution < -0.4 is 10.1 Å². The Hall–Kier alpha value is -4.23. The van der Waals surface area contributed by atoms with Crippen molar-refractivity contribution in [3.63, 3.8) is 0 Å². The van der Waals surface area contributed by atoms with Gasteiger partial charge in [-0.05, 0) is 30.7 Å². The first-order valence-corrected chi connectivity index (χ1v) is 14.2. The highest BCUT2D eigenvalue weighted by Crippen LogP contribution is 2.29. The number of aromatic nitrogens is 2. The first kappa shape index (κ1) is 28.8. The molecule has 40 heavy (non-hydrogen) atoms. The van der Waals surface area contributed by atoms with Crippen LogP contribution in [-0.4, -0.2) is 69.0 Å². The van der Waals surface area contributed by atoms with Gasteiger partial charge < -0.3 is 24.6 Å². The summed E-state index contributed by atoms with van der Waals surface area (Å²) in [6, 6.07) is 12.3. The van der Waals surface area contributed by atoms with Crippen LogP contribution in [0.2, 0.25) is 0 Å². The van der Waals surface area contributed by atoms with E-state index in [2.05, 4.69) is 10.3 Å². The first-order valence-electron chi connectivity index (χ1n) is 12.7. The summed E-state index contributed by atoms with van der Waals surface area (Å²) in [4.78, 5) is 43.5. The fourth-order valence-electron chi connectivity index (χ4n) is 4.68. The van der Waals surface area contributed by atoms with Crippen molar-refractivity contribution < 1.29 is 37.2 Å². The second-order valence-corrected chi connectivity index (χ2v) is 10.8. The summed E-state index contributed by atoms with van der Waals surface area (Å²) in [7, 11) is -4.64. The number of unbranched alkanes of at least 4 members (excludes halogenated alkanes) is 1. The number of carbonyl (C=O) groups excluding carboxylic acids is 2. The van der Waals surface area contributed by atoms with Gasteiger partial charge in [-0.1, -0.05) is 50.1 Å². The molecule has 3 aromatic rings. The number of likely N-dealkylation sites (tertiary alicyclic amines) is 1. The number of nitrogens with zero attached hydrogens (tertiary/aromatic N) is 3. The van der Waals surface area contributed by atoms with E-state index < -0.39 is 51.0 Å². The number of ether oxygens (including phenoxy) is 1. The molecule has 0 saturated carbocycles. The monoisotopic (exact) mass is 570 g/mol. The highest BCUT2D eigenvalue weighted by Gasteiger charge is 2.43. The van der Waals surface area contributed by atoms with Crippen molar-refractivity contribution in [2.45, 2.75) is 55.7 Å². The predicted octanol–water partition coefficient (Wildman–Crippen LogP) is 3.25. The number of para-hydroxylation sites is 1. The molecule has 3 N–H and O–H groups in total. The van der Waals surface area contributed by atoms with Crippen molar-refractivity contribution in [1.29, 1.82) is 0 Å². The molecule has 1 aromatic heterocycles. The van der Waals surface area contributed by atoms with E-state index in [9.17, 15) is 32.5 Å². The van der Waals surface area contributed by atoms with Gasteiger partial charge in [0.05, 0.1) is 18.4 Å². The summed E-state index contributed by atoms with van der Waals surface area (Å²) in [6.07, 6.45) is 4.28. The van der Waals surface area contributed by atoms with Crippen LogP contribution >= 0.6 is 0 Å². The Labute approximate surface area is 231 Å². The molecule has 0 radical (unpaired) electrons. The highest BCUT2D eigenvalue weighted by molar-refractivity contribution is 7.86. The number of carboxylic acids is 1. The van der Waals surface area contributed by atoms with Gasteiger partial charge >= 0.3 is 5.97 Å². The maximum absolute atomic E-state index is 13.7. The molecule has 1 aliphatic rings. The minimum atomic E-state index is -4.64. The molecule has 13 heteroatoms. The normalized spacial score (nSPS) is 17.8. The number of benzene rings is 2. The van der Waals surface area contributed by atoms with Gasteiger partial charge in [0.25, 0.3) is 16.0 Å². The largest absolute Gasteiger partial charge is 0.488 e. The van der Waals surface area contributed by atoms with Crippen LogP contribution in [0, 0.1) is 0 Å². The van der Waals surface area contributed by atoms with E-state index in [0.29, 0.717) is 18.6 Å². The standard InChI is InChI=1S/C27H30N4O8S/c1-2-3-12-21(26(33)31-15-19(14-22(31)27(34)35)39-18-9-5-4-6-10-18)30-16-24(28-17-30)29-25(32)20-11-7-8-13-23(20)40(36,37)38/h4-11,13,16-17,19,21-22H,2-3,12,14-15H2,1H3,(H,29,32)(H,34,35)(H,36,37,38)/t19-,21?,22-/m0/s1. The molecule has 0 aliphatic carbocycles. The third kappa shape index (κ3) is 6.66. The average molecular weight is 571 g/mol. The second-order valence-electron chi connectivity index (χ2n) is 9.42. The van der Waals surface area contributed by atoms with E-state index in [1.165, 1.54) is 40.2 Å². The average Bonchev–Trinajstić information content (AvgIpc) is 3.56. The Bertz CT molecular complexity index is 1470. The summed E-state index contributed by atoms with van der Waals surface area (Å²) >= 11 is 0. The Morgan fingerprint density at radius 3 is 2.50 bits per heavy atom. The van der Waals surface area contributed by atoms with Gasteiger partial charge in [-0.2, -0.15) is 8.42 Å². The van der Waals surface area contributed by atoms with E-state index in [0.717, 1.165) is 12.5 Å². The van der Waals surface area contributed by atoms with Crippen LogP contribution in [0.25, 0.3) is 0 Å². The molecule has 212 valence electrons. The Balaban J connectivity index is 1.54. The molecule has 2 aromatic carbocycles. The third-order valence-corrected chi connectivity index (χ3v) is 7.52. The van der Waals surface area contributed by atoms with Crippen molar-refractivity contribution in [2.24, 2.45) is 0 Å². The number of hydrogen-bond donors (Lipinski definition) is 3. The smallest absolute Gasteiger partial charge is 0.326 e. The van der Waals surface area contributed by atoms with Crippen LogP contribution in [0.5, 0.6) is 5.75 Å². The lowest BCUT2D eigenvalue weighted by atomic mass is 10.1. The van der Waals surface area contributed by atoms with Crippen LogP contribution in [-0.2, 0) is 19.7 Å². The van der Waals surface area contributed by atoms with E-state index in [-0.39, 0.29) is 24.3 Å². The molecule has 12 nitrogen and oxygen atoms in total. The Kier molecular flexibility index (Phi) is 8.85. The van der Waals surface area contributed by atoms with Gasteiger partial charge in [0.1, 0.15) is 28.8 Å². The van der Waals surface area contributed by atoms with Gasteiger partial charge in [0.2, 0.25) is 5.91 Å². The summed E-state index contributed by atoms with van der Waals surface area (Å²) in [5.41, 5.74) is -0.274. The maximum Gasteiger partial charge on any atom is 0.326 e. The fraction of sp³-hybridized carbons (Fsp3) is 0.333. The van der Waals surface area contributed by atoms with Gasteiger partial charge in [0.15, 0.2) is 5.82 Å². The number of carbonyl (C=O) groups is 3. The lowest BCUT2D eigenvalue weighted by molar-refractivity contribution is -0.149. The fourth-order valence-corrected chi connectivity index (χ4v) is 5.36. The predicted molar refractivity (Wildman–Crippen MR) is 144 cm³/mol. The Morgan fingerprint density at radius 2 is 1.82 bits per heavy atom. The van der Waals surface area contributed by atoms with Crippen molar-refractivity contribution in [1.82, 2.24) is 14.5 Å². The number of imidazole rings is 1. The molecule has 1 aliphatic heterocycles. The molecule has 1 fully saturated rings. The van der Waals surface area contributed by atoms with E-state index in [1.54, 1.807) is 24.3 Å². The minimum absolute atomic E-state index is 0.0472. The molecule has 3 atom stereocenters. The first-order chi connectivity index (χ1) is 19.1. The molecule has 2 heterocycles. The molecule has 4 rings (SSSR count). The van der Waals surface area contributed by atoms with E-state index in [4.69, 9.17) is 4.74 Å². The molecule has 0 spiro atoms. The van der Waals surface area contributed by atoms with Crippen LogP contribution in [0.1, 0.15) is 49.0 Å². The van der Waals surface area contributed by atoms with Crippen molar-refractivity contribution >= 4 is 33.7 Å². The molecule has 2 amide bonds. The molecule has 1 saturated heterocycles. The topological polar surface area (TPSA) is 168 Å². The number of amides is 2. The van der Waals surface area contributed by atoms with Crippen molar-refractivity contribution in [3.05, 3.63) is 72.7 Å². The number of anilines is 1. The number of hydrogen-bond acceptors (Lipinski definition) is 7. The zero-order chi connectivity index (χ0) is 28.9. The van der Waals surface area contributed by atoms with E-state index >= 15 is 0 Å². The second kappa shape index (κ2) is 12.3. The van der Waals surface area contributed by atoms with Crippen LogP contribution in [0.4, 0.5) is 5.82 Å². The Morgan fingerprint density at radius 1 is 1.12 bits per heavy atom. The summed E-state index contributed by atoms with van der Waals surface area (Å²) in [6.45, 7) is 2.06. The number of aliphatic carboxylic acids is 1. The molecular formula is C27H30N4O8S. The maximum atomic E-state index is 13.7. The number of rotatable bonds is 11. The van der Waals surface area contributed by atoms with Gasteiger partial charge in [-0.3, -0.25) is 14.1 Å².